The molecule has 0 aliphatic rings. The fourth-order valence-electron chi connectivity index (χ4n) is 1.59. The van der Waals surface area contributed by atoms with Gasteiger partial charge >= 0.3 is 0 Å². The molecule has 0 spiro atoms. The molecule has 4 nitrogen and oxygen atoms in total. The fraction of sp³-hybridized carbons (Fsp3) is 0.167. The minimum absolute atomic E-state index is 0.322. The van der Waals surface area contributed by atoms with Gasteiger partial charge < -0.3 is 10.5 Å². The Morgan fingerprint density at radius 2 is 2.24 bits per heavy atom. The Bertz CT molecular complexity index is 584. The number of nitrogens with zero attached hydrogens (tertiary/aromatic N) is 1. The van der Waals surface area contributed by atoms with E-state index in [0.29, 0.717) is 28.6 Å². The number of pyridine rings is 1. The Balaban J connectivity index is 2.66. The van der Waals surface area contributed by atoms with E-state index in [4.69, 9.17) is 22.1 Å². The van der Waals surface area contributed by atoms with Crippen LogP contribution in [0.5, 0.6) is 5.75 Å². The summed E-state index contributed by atoms with van der Waals surface area (Å²) in [6, 6.07) is 6.65. The van der Waals surface area contributed by atoms with Crippen LogP contribution >= 0.6 is 11.6 Å². The second-order valence-corrected chi connectivity index (χ2v) is 3.86. The summed E-state index contributed by atoms with van der Waals surface area (Å²) >= 11 is 5.88. The fourth-order valence-corrected chi connectivity index (χ4v) is 1.78. The highest BCUT2D eigenvalue weighted by atomic mass is 35.5. The first kappa shape index (κ1) is 11.7. The molecule has 0 aliphatic heterocycles. The first-order valence-electron chi connectivity index (χ1n) is 5.14. The lowest BCUT2D eigenvalue weighted by molar-refractivity contribution is 0.100. The zero-order chi connectivity index (χ0) is 12.4. The number of carbonyl (C=O) groups excluding carboxylic acids is 1. The van der Waals surface area contributed by atoms with E-state index in [1.54, 1.807) is 24.3 Å². The van der Waals surface area contributed by atoms with Crippen LogP contribution in [-0.4, -0.2) is 17.5 Å². The molecule has 1 aromatic heterocycles. The van der Waals surface area contributed by atoms with Gasteiger partial charge in [0.1, 0.15) is 10.9 Å². The van der Waals surface area contributed by atoms with Crippen molar-refractivity contribution >= 4 is 28.4 Å². The van der Waals surface area contributed by atoms with Crippen molar-refractivity contribution in [3.63, 3.8) is 0 Å². The number of nitrogens with two attached hydrogens (primary N) is 1. The number of ether oxygens (including phenoxy) is 1. The van der Waals surface area contributed by atoms with E-state index in [0.717, 1.165) is 5.39 Å². The maximum atomic E-state index is 11.1. The van der Waals surface area contributed by atoms with Crippen molar-refractivity contribution in [2.24, 2.45) is 5.73 Å². The summed E-state index contributed by atoms with van der Waals surface area (Å²) in [4.78, 5) is 15.2. The quantitative estimate of drug-likeness (QED) is 0.851. The first-order valence-corrected chi connectivity index (χ1v) is 5.52. The maximum absolute atomic E-state index is 11.1. The molecule has 0 saturated carbocycles. The molecule has 88 valence electrons. The number of aromatic nitrogens is 1. The Morgan fingerprint density at radius 1 is 1.47 bits per heavy atom. The van der Waals surface area contributed by atoms with Gasteiger partial charge in [-0.3, -0.25) is 4.79 Å². The number of fused-ring (bicyclic) bond motifs is 1. The monoisotopic (exact) mass is 250 g/mol. The smallest absolute Gasteiger partial charge is 0.248 e. The van der Waals surface area contributed by atoms with Gasteiger partial charge in [-0.25, -0.2) is 4.98 Å². The average molecular weight is 251 g/mol. The van der Waals surface area contributed by atoms with Gasteiger partial charge in [0.15, 0.2) is 0 Å². The van der Waals surface area contributed by atoms with Crippen LogP contribution < -0.4 is 10.5 Å². The third-order valence-corrected chi connectivity index (χ3v) is 2.52. The van der Waals surface area contributed by atoms with Crippen LogP contribution in [0.2, 0.25) is 5.15 Å². The lowest BCUT2D eigenvalue weighted by Crippen LogP contribution is -2.10. The third kappa shape index (κ3) is 2.31. The summed E-state index contributed by atoms with van der Waals surface area (Å²) in [5.74, 6) is 0.158. The summed E-state index contributed by atoms with van der Waals surface area (Å²) in [6.07, 6.45) is 0. The van der Waals surface area contributed by atoms with Crippen LogP contribution in [0, 0.1) is 0 Å². The highest BCUT2D eigenvalue weighted by Crippen LogP contribution is 2.28. The number of hydrogen-bond donors (Lipinski definition) is 1. The summed E-state index contributed by atoms with van der Waals surface area (Å²) in [7, 11) is 0. The number of amides is 1. The summed E-state index contributed by atoms with van der Waals surface area (Å²) in [5.41, 5.74) is 6.20. The van der Waals surface area contributed by atoms with Crippen molar-refractivity contribution in [2.45, 2.75) is 6.92 Å². The molecule has 1 amide bonds. The molecular formula is C12H11ClN2O2. The molecule has 2 rings (SSSR count). The SMILES string of the molecule is CCOc1cc(Cl)nc2cc(C(N)=O)ccc12. The molecule has 2 N–H and O–H groups in total. The molecule has 17 heavy (non-hydrogen) atoms. The third-order valence-electron chi connectivity index (χ3n) is 2.33. The van der Waals surface area contributed by atoms with E-state index in [1.165, 1.54) is 0 Å². The van der Waals surface area contributed by atoms with Gasteiger partial charge in [0.25, 0.3) is 0 Å². The highest BCUT2D eigenvalue weighted by Gasteiger charge is 2.08. The lowest BCUT2D eigenvalue weighted by atomic mass is 10.1. The van der Waals surface area contributed by atoms with Crippen molar-refractivity contribution in [3.8, 4) is 5.75 Å². The molecule has 0 saturated heterocycles. The molecule has 0 atom stereocenters. The molecule has 2 aromatic rings. The molecule has 0 radical (unpaired) electrons. The average Bonchev–Trinajstić information content (AvgIpc) is 2.28. The number of benzene rings is 1. The van der Waals surface area contributed by atoms with E-state index in [1.807, 2.05) is 6.92 Å². The van der Waals surface area contributed by atoms with E-state index >= 15 is 0 Å². The van der Waals surface area contributed by atoms with Gasteiger partial charge in [-0.1, -0.05) is 11.6 Å². The van der Waals surface area contributed by atoms with Crippen molar-refractivity contribution in [1.29, 1.82) is 0 Å². The van der Waals surface area contributed by atoms with Crippen molar-refractivity contribution < 1.29 is 9.53 Å². The van der Waals surface area contributed by atoms with Crippen LogP contribution in [0.4, 0.5) is 0 Å². The topological polar surface area (TPSA) is 65.2 Å². The second kappa shape index (κ2) is 4.59. The van der Waals surface area contributed by atoms with Crippen LogP contribution in [0.25, 0.3) is 10.9 Å². The molecule has 0 fully saturated rings. The summed E-state index contributed by atoms with van der Waals surface area (Å²) in [6.45, 7) is 2.42. The molecule has 0 unspecified atom stereocenters. The zero-order valence-electron chi connectivity index (χ0n) is 9.24. The van der Waals surface area contributed by atoms with E-state index < -0.39 is 5.91 Å². The zero-order valence-corrected chi connectivity index (χ0v) is 9.99. The Labute approximate surface area is 103 Å². The first-order chi connectivity index (χ1) is 8.11. The van der Waals surface area contributed by atoms with E-state index in [-0.39, 0.29) is 0 Å². The minimum atomic E-state index is -0.494. The van der Waals surface area contributed by atoms with Gasteiger partial charge in [0.2, 0.25) is 5.91 Å². The molecule has 0 aliphatic carbocycles. The summed E-state index contributed by atoms with van der Waals surface area (Å²) in [5, 5.41) is 1.13. The Morgan fingerprint density at radius 3 is 2.88 bits per heavy atom. The molecular weight excluding hydrogens is 240 g/mol. The standard InChI is InChI=1S/C12H11ClN2O2/c1-2-17-10-6-11(13)15-9-5-7(12(14)16)3-4-8(9)10/h3-6H,2H2,1H3,(H2,14,16). The van der Waals surface area contributed by atoms with Gasteiger partial charge in [0, 0.05) is 17.0 Å². The van der Waals surface area contributed by atoms with Crippen LogP contribution in [0.1, 0.15) is 17.3 Å². The number of hydrogen-bond acceptors (Lipinski definition) is 3. The minimum Gasteiger partial charge on any atom is -0.493 e. The Kier molecular flexibility index (Phi) is 3.15. The van der Waals surface area contributed by atoms with Crippen molar-refractivity contribution in [2.75, 3.05) is 6.61 Å². The Hall–Kier alpha value is -1.81. The summed E-state index contributed by atoms with van der Waals surface area (Å²) < 4.78 is 5.46. The van der Waals surface area contributed by atoms with Gasteiger partial charge in [-0.2, -0.15) is 0 Å². The normalized spacial score (nSPS) is 10.5. The maximum Gasteiger partial charge on any atom is 0.248 e. The number of rotatable bonds is 3. The largest absolute Gasteiger partial charge is 0.493 e. The van der Waals surface area contributed by atoms with Crippen LogP contribution in [-0.2, 0) is 0 Å². The lowest BCUT2D eigenvalue weighted by Gasteiger charge is -2.08. The number of halogens is 1. The second-order valence-electron chi connectivity index (χ2n) is 3.47. The van der Waals surface area contributed by atoms with Crippen LogP contribution in [0.15, 0.2) is 24.3 Å². The molecule has 5 heteroatoms. The molecule has 1 aromatic carbocycles. The number of primary amides is 1. The highest BCUT2D eigenvalue weighted by molar-refractivity contribution is 6.30. The predicted molar refractivity (Wildman–Crippen MR) is 66.4 cm³/mol. The van der Waals surface area contributed by atoms with Crippen molar-refractivity contribution in [1.82, 2.24) is 4.98 Å². The van der Waals surface area contributed by atoms with Crippen LogP contribution in [0.3, 0.4) is 0 Å². The van der Waals surface area contributed by atoms with Gasteiger partial charge in [0.05, 0.1) is 12.1 Å². The molecule has 1 heterocycles. The molecule has 0 bridgehead atoms. The van der Waals surface area contributed by atoms with E-state index in [2.05, 4.69) is 4.98 Å². The van der Waals surface area contributed by atoms with Gasteiger partial charge in [-0.05, 0) is 25.1 Å². The van der Waals surface area contributed by atoms with Gasteiger partial charge in [-0.15, -0.1) is 0 Å². The van der Waals surface area contributed by atoms with Crippen molar-refractivity contribution in [3.05, 3.63) is 35.0 Å². The van der Waals surface area contributed by atoms with E-state index in [9.17, 15) is 4.79 Å². The number of carbonyl (C=O) groups is 1. The predicted octanol–water partition coefficient (Wildman–Crippen LogP) is 2.39.